The molecule has 3 atom stereocenters. The molecule has 3 unspecified atom stereocenters. The Morgan fingerprint density at radius 2 is 2.05 bits per heavy atom. The summed E-state index contributed by atoms with van der Waals surface area (Å²) in [7, 11) is 2.02. The van der Waals surface area contributed by atoms with Gasteiger partial charge in [-0.25, -0.2) is 0 Å². The van der Waals surface area contributed by atoms with Crippen molar-refractivity contribution in [2.45, 2.75) is 38.1 Å². The number of nitrogens with zero attached hydrogens (tertiary/aromatic N) is 1. The van der Waals surface area contributed by atoms with Crippen LogP contribution in [0.2, 0.25) is 0 Å². The summed E-state index contributed by atoms with van der Waals surface area (Å²) in [4.78, 5) is 2.21. The molecule has 0 bridgehead atoms. The SMILES string of the molecule is CC1OCCC1N(C)C(CN)c1ccc(OC(F)F)cc1. The minimum atomic E-state index is -2.81. The Hall–Kier alpha value is -1.24. The maximum absolute atomic E-state index is 12.2. The zero-order chi connectivity index (χ0) is 15.4. The molecule has 0 aromatic heterocycles. The fourth-order valence-corrected chi connectivity index (χ4v) is 2.90. The molecule has 1 fully saturated rings. The minimum absolute atomic E-state index is 0.0275. The van der Waals surface area contributed by atoms with E-state index in [-0.39, 0.29) is 17.9 Å². The molecule has 2 rings (SSSR count). The Morgan fingerprint density at radius 1 is 1.38 bits per heavy atom. The first-order valence-electron chi connectivity index (χ1n) is 7.11. The van der Waals surface area contributed by atoms with Crippen molar-refractivity contribution in [3.05, 3.63) is 29.8 Å². The number of halogens is 2. The molecule has 1 aromatic carbocycles. The molecule has 2 N–H and O–H groups in total. The van der Waals surface area contributed by atoms with Crippen molar-refractivity contribution in [1.29, 1.82) is 0 Å². The molecule has 21 heavy (non-hydrogen) atoms. The van der Waals surface area contributed by atoms with Crippen molar-refractivity contribution >= 4 is 0 Å². The fourth-order valence-electron chi connectivity index (χ4n) is 2.90. The Labute approximate surface area is 123 Å². The van der Waals surface area contributed by atoms with Gasteiger partial charge < -0.3 is 15.2 Å². The average molecular weight is 300 g/mol. The fraction of sp³-hybridized carbons (Fsp3) is 0.600. The summed E-state index contributed by atoms with van der Waals surface area (Å²) < 4.78 is 34.3. The number of rotatable bonds is 6. The molecule has 118 valence electrons. The number of likely N-dealkylation sites (N-methyl/N-ethyl adjacent to an activating group) is 1. The van der Waals surface area contributed by atoms with E-state index in [9.17, 15) is 8.78 Å². The third kappa shape index (κ3) is 3.90. The van der Waals surface area contributed by atoms with Gasteiger partial charge in [-0.15, -0.1) is 0 Å². The van der Waals surface area contributed by atoms with Crippen LogP contribution in [-0.4, -0.2) is 43.9 Å². The lowest BCUT2D eigenvalue weighted by Crippen LogP contribution is -2.42. The molecule has 6 heteroatoms. The van der Waals surface area contributed by atoms with Gasteiger partial charge in [-0.3, -0.25) is 4.90 Å². The van der Waals surface area contributed by atoms with Gasteiger partial charge in [-0.2, -0.15) is 8.78 Å². The second-order valence-electron chi connectivity index (χ2n) is 5.30. The number of hydrogen-bond donors (Lipinski definition) is 1. The van der Waals surface area contributed by atoms with E-state index in [0.717, 1.165) is 18.6 Å². The van der Waals surface area contributed by atoms with Crippen LogP contribution in [0.15, 0.2) is 24.3 Å². The Morgan fingerprint density at radius 3 is 2.52 bits per heavy atom. The van der Waals surface area contributed by atoms with Gasteiger partial charge in [0.2, 0.25) is 0 Å². The van der Waals surface area contributed by atoms with E-state index in [4.69, 9.17) is 10.5 Å². The number of benzene rings is 1. The second kappa shape index (κ2) is 7.15. The highest BCUT2D eigenvalue weighted by Crippen LogP contribution is 2.28. The smallest absolute Gasteiger partial charge is 0.387 e. The maximum atomic E-state index is 12.2. The molecule has 1 saturated heterocycles. The average Bonchev–Trinajstić information content (AvgIpc) is 2.87. The third-order valence-electron chi connectivity index (χ3n) is 4.06. The van der Waals surface area contributed by atoms with Crippen molar-refractivity contribution in [1.82, 2.24) is 4.90 Å². The Bertz CT molecular complexity index is 442. The van der Waals surface area contributed by atoms with E-state index in [1.165, 1.54) is 0 Å². The van der Waals surface area contributed by atoms with Crippen molar-refractivity contribution in [3.8, 4) is 5.75 Å². The standard InChI is InChI=1S/C15H22F2N2O2/c1-10-13(7-8-20-10)19(2)14(9-18)11-3-5-12(6-4-11)21-15(16)17/h3-6,10,13-15H,7-9,18H2,1-2H3. The van der Waals surface area contributed by atoms with Crippen LogP contribution in [0.4, 0.5) is 8.78 Å². The van der Waals surface area contributed by atoms with Gasteiger partial charge in [0.15, 0.2) is 0 Å². The van der Waals surface area contributed by atoms with E-state index in [1.807, 2.05) is 7.05 Å². The number of nitrogens with two attached hydrogens (primary N) is 1. The minimum Gasteiger partial charge on any atom is -0.435 e. The molecule has 0 spiro atoms. The molecule has 0 radical (unpaired) electrons. The van der Waals surface area contributed by atoms with Gasteiger partial charge in [0.1, 0.15) is 5.75 Å². The molecular formula is C15H22F2N2O2. The Kier molecular flexibility index (Phi) is 5.50. The first kappa shape index (κ1) is 16.1. The van der Waals surface area contributed by atoms with Crippen LogP contribution in [0.5, 0.6) is 5.75 Å². The van der Waals surface area contributed by atoms with Crippen LogP contribution in [0.3, 0.4) is 0 Å². The van der Waals surface area contributed by atoms with Gasteiger partial charge in [-0.05, 0) is 38.1 Å². The molecule has 0 aliphatic carbocycles. The summed E-state index contributed by atoms with van der Waals surface area (Å²) in [5, 5.41) is 0. The lowest BCUT2D eigenvalue weighted by Gasteiger charge is -2.34. The van der Waals surface area contributed by atoms with Crippen LogP contribution < -0.4 is 10.5 Å². The van der Waals surface area contributed by atoms with E-state index < -0.39 is 6.61 Å². The first-order chi connectivity index (χ1) is 10.0. The molecule has 4 nitrogen and oxygen atoms in total. The molecular weight excluding hydrogens is 278 g/mol. The lowest BCUT2D eigenvalue weighted by atomic mass is 10.0. The van der Waals surface area contributed by atoms with Gasteiger partial charge >= 0.3 is 6.61 Å². The highest BCUT2D eigenvalue weighted by atomic mass is 19.3. The van der Waals surface area contributed by atoms with E-state index >= 15 is 0 Å². The predicted octanol–water partition coefficient (Wildman–Crippen LogP) is 2.40. The maximum Gasteiger partial charge on any atom is 0.387 e. The number of alkyl halides is 2. The van der Waals surface area contributed by atoms with Crippen LogP contribution in [0, 0.1) is 0 Å². The molecule has 0 amide bonds. The first-order valence-corrected chi connectivity index (χ1v) is 7.11. The monoisotopic (exact) mass is 300 g/mol. The van der Waals surface area contributed by atoms with Crippen LogP contribution in [0.1, 0.15) is 24.9 Å². The summed E-state index contributed by atoms with van der Waals surface area (Å²) in [6.07, 6.45) is 1.14. The lowest BCUT2D eigenvalue weighted by molar-refractivity contribution is -0.0498. The number of hydrogen-bond acceptors (Lipinski definition) is 4. The summed E-state index contributed by atoms with van der Waals surface area (Å²) in [6.45, 7) is 0.463. The van der Waals surface area contributed by atoms with Crippen molar-refractivity contribution < 1.29 is 18.3 Å². The Balaban J connectivity index is 2.09. The quantitative estimate of drug-likeness (QED) is 0.876. The number of ether oxygens (including phenoxy) is 2. The highest BCUT2D eigenvalue weighted by Gasteiger charge is 2.31. The van der Waals surface area contributed by atoms with Crippen LogP contribution >= 0.6 is 0 Å². The van der Waals surface area contributed by atoms with Crippen molar-refractivity contribution in [3.63, 3.8) is 0 Å². The van der Waals surface area contributed by atoms with E-state index in [2.05, 4.69) is 16.6 Å². The van der Waals surface area contributed by atoms with Gasteiger partial charge in [0.25, 0.3) is 0 Å². The largest absolute Gasteiger partial charge is 0.435 e. The topological polar surface area (TPSA) is 47.7 Å². The highest BCUT2D eigenvalue weighted by molar-refractivity contribution is 5.29. The molecule has 0 saturated carbocycles. The van der Waals surface area contributed by atoms with Crippen LogP contribution in [-0.2, 0) is 4.74 Å². The van der Waals surface area contributed by atoms with Crippen molar-refractivity contribution in [2.24, 2.45) is 5.73 Å². The van der Waals surface area contributed by atoms with Crippen LogP contribution in [0.25, 0.3) is 0 Å². The summed E-state index contributed by atoms with van der Waals surface area (Å²) in [6, 6.07) is 7.01. The molecule has 1 heterocycles. The zero-order valence-electron chi connectivity index (χ0n) is 12.3. The predicted molar refractivity (Wildman–Crippen MR) is 76.5 cm³/mol. The van der Waals surface area contributed by atoms with E-state index in [0.29, 0.717) is 12.6 Å². The van der Waals surface area contributed by atoms with Gasteiger partial charge in [0, 0.05) is 25.2 Å². The summed E-state index contributed by atoms with van der Waals surface area (Å²) >= 11 is 0. The normalized spacial score (nSPS) is 23.8. The van der Waals surface area contributed by atoms with Gasteiger partial charge in [-0.1, -0.05) is 12.1 Å². The molecule has 1 aliphatic heterocycles. The molecule has 1 aromatic rings. The summed E-state index contributed by atoms with van der Waals surface area (Å²) in [5.74, 6) is 0.157. The van der Waals surface area contributed by atoms with E-state index in [1.54, 1.807) is 24.3 Å². The molecule has 1 aliphatic rings. The van der Waals surface area contributed by atoms with Crippen molar-refractivity contribution in [2.75, 3.05) is 20.2 Å². The second-order valence-corrected chi connectivity index (χ2v) is 5.30. The van der Waals surface area contributed by atoms with Gasteiger partial charge in [0.05, 0.1) is 6.10 Å². The third-order valence-corrected chi connectivity index (χ3v) is 4.06. The summed E-state index contributed by atoms with van der Waals surface area (Å²) in [5.41, 5.74) is 6.89. The zero-order valence-corrected chi connectivity index (χ0v) is 12.3.